The van der Waals surface area contributed by atoms with Crippen LogP contribution in [0.4, 0.5) is 4.79 Å². The molecule has 124 valence electrons. The van der Waals surface area contributed by atoms with Crippen molar-refractivity contribution in [2.75, 3.05) is 26.4 Å². The first-order chi connectivity index (χ1) is 11.3. The van der Waals surface area contributed by atoms with Gasteiger partial charge in [0.25, 0.3) is 0 Å². The lowest BCUT2D eigenvalue weighted by molar-refractivity contribution is -0.106. The van der Waals surface area contributed by atoms with Gasteiger partial charge in [-0.2, -0.15) is 0 Å². The number of cyclic esters (lactones) is 2. The van der Waals surface area contributed by atoms with Crippen LogP contribution in [0.15, 0.2) is 24.3 Å². The summed E-state index contributed by atoms with van der Waals surface area (Å²) in [4.78, 5) is 10.8. The van der Waals surface area contributed by atoms with Crippen LogP contribution in [0.1, 0.15) is 0 Å². The molecule has 3 fully saturated rings. The zero-order valence-electron chi connectivity index (χ0n) is 12.2. The third-order valence-corrected chi connectivity index (χ3v) is 3.51. The van der Waals surface area contributed by atoms with Crippen LogP contribution in [-0.2, 0) is 23.7 Å². The van der Waals surface area contributed by atoms with E-state index in [0.717, 1.165) is 0 Å². The van der Waals surface area contributed by atoms with Crippen molar-refractivity contribution < 1.29 is 38.0 Å². The van der Waals surface area contributed by atoms with Gasteiger partial charge in [0.1, 0.15) is 37.4 Å². The summed E-state index contributed by atoms with van der Waals surface area (Å²) >= 11 is 0. The lowest BCUT2D eigenvalue weighted by atomic mass is 10.3. The molecular formula is C15H16O8. The quantitative estimate of drug-likeness (QED) is 0.568. The molecule has 0 bridgehead atoms. The fourth-order valence-electron chi connectivity index (χ4n) is 2.30. The topological polar surface area (TPSA) is 85.0 Å². The van der Waals surface area contributed by atoms with Gasteiger partial charge in [0.15, 0.2) is 6.10 Å². The Bertz CT molecular complexity index is 576. The van der Waals surface area contributed by atoms with Gasteiger partial charge in [-0.15, -0.1) is 0 Å². The molecule has 0 spiro atoms. The molecule has 0 amide bonds. The summed E-state index contributed by atoms with van der Waals surface area (Å²) in [5.41, 5.74) is 0. The molecule has 4 atom stereocenters. The first-order valence-corrected chi connectivity index (χ1v) is 7.38. The van der Waals surface area contributed by atoms with Crippen molar-refractivity contribution in [3.05, 3.63) is 24.3 Å². The Balaban J connectivity index is 1.25. The van der Waals surface area contributed by atoms with E-state index >= 15 is 0 Å². The van der Waals surface area contributed by atoms with Gasteiger partial charge in [0.05, 0.1) is 6.61 Å². The van der Waals surface area contributed by atoms with Crippen molar-refractivity contribution in [2.45, 2.75) is 24.8 Å². The van der Waals surface area contributed by atoms with Gasteiger partial charge in [0, 0.05) is 6.07 Å². The van der Waals surface area contributed by atoms with Crippen LogP contribution < -0.4 is 9.47 Å². The number of carbonyl (C=O) groups excluding carboxylic acids is 1. The normalized spacial score (nSPS) is 31.7. The molecule has 4 unspecified atom stereocenters. The van der Waals surface area contributed by atoms with Gasteiger partial charge in [-0.05, 0) is 12.1 Å². The third kappa shape index (κ3) is 3.66. The van der Waals surface area contributed by atoms with Crippen LogP contribution in [0.25, 0.3) is 0 Å². The molecule has 1 aromatic rings. The molecular weight excluding hydrogens is 308 g/mol. The number of carbonyl (C=O) groups is 1. The molecule has 0 saturated carbocycles. The van der Waals surface area contributed by atoms with Crippen LogP contribution in [0.5, 0.6) is 11.5 Å². The van der Waals surface area contributed by atoms with Crippen molar-refractivity contribution >= 4 is 6.16 Å². The molecule has 0 radical (unpaired) electrons. The van der Waals surface area contributed by atoms with Crippen LogP contribution in [0, 0.1) is 0 Å². The Labute approximate surface area is 132 Å². The van der Waals surface area contributed by atoms with Crippen molar-refractivity contribution in [1.82, 2.24) is 0 Å². The average molecular weight is 324 g/mol. The zero-order chi connectivity index (χ0) is 15.6. The third-order valence-electron chi connectivity index (χ3n) is 3.51. The lowest BCUT2D eigenvalue weighted by Gasteiger charge is -2.20. The van der Waals surface area contributed by atoms with Crippen molar-refractivity contribution in [2.24, 2.45) is 0 Å². The monoisotopic (exact) mass is 324 g/mol. The molecule has 1 aromatic carbocycles. The molecule has 3 heterocycles. The molecule has 0 N–H and O–H groups in total. The highest BCUT2D eigenvalue weighted by atomic mass is 16.9. The number of hydrogen-bond donors (Lipinski definition) is 0. The first-order valence-electron chi connectivity index (χ1n) is 7.38. The molecule has 8 heteroatoms. The van der Waals surface area contributed by atoms with E-state index in [2.05, 4.69) is 0 Å². The smallest absolute Gasteiger partial charge is 0.491 e. The molecule has 0 aliphatic carbocycles. The van der Waals surface area contributed by atoms with Gasteiger partial charge in [-0.25, -0.2) is 4.79 Å². The molecule has 23 heavy (non-hydrogen) atoms. The number of benzene rings is 1. The van der Waals surface area contributed by atoms with E-state index in [9.17, 15) is 4.79 Å². The predicted octanol–water partition coefficient (Wildman–Crippen LogP) is 1.08. The second-order valence-electron chi connectivity index (χ2n) is 5.36. The van der Waals surface area contributed by atoms with Crippen LogP contribution in [0.3, 0.4) is 0 Å². The molecule has 8 nitrogen and oxygen atoms in total. The van der Waals surface area contributed by atoms with Crippen LogP contribution >= 0.6 is 0 Å². The van der Waals surface area contributed by atoms with Crippen LogP contribution in [-0.4, -0.2) is 57.4 Å². The van der Waals surface area contributed by atoms with E-state index in [1.807, 2.05) is 12.1 Å². The lowest BCUT2D eigenvalue weighted by Crippen LogP contribution is -2.33. The summed E-state index contributed by atoms with van der Waals surface area (Å²) in [6.45, 7) is 1.25. The molecule has 3 saturated heterocycles. The Morgan fingerprint density at radius 1 is 1.00 bits per heavy atom. The summed E-state index contributed by atoms with van der Waals surface area (Å²) < 4.78 is 36.9. The number of fused-ring (bicyclic) bond motifs is 1. The summed E-state index contributed by atoms with van der Waals surface area (Å²) in [6, 6.07) is 7.21. The second kappa shape index (κ2) is 6.23. The highest BCUT2D eigenvalue weighted by molar-refractivity contribution is 5.61. The maximum absolute atomic E-state index is 10.8. The molecule has 0 aromatic heterocycles. The van der Waals surface area contributed by atoms with E-state index in [4.69, 9.17) is 33.2 Å². The number of hydrogen-bond acceptors (Lipinski definition) is 8. The van der Waals surface area contributed by atoms with Crippen molar-refractivity contribution in [3.8, 4) is 11.5 Å². The van der Waals surface area contributed by atoms with Gasteiger partial charge >= 0.3 is 6.16 Å². The SMILES string of the molecule is O=C1OCC(COc2cccc(OCC3COC4OC4O3)c2)O1. The number of rotatable bonds is 6. The zero-order valence-corrected chi connectivity index (χ0v) is 12.2. The van der Waals surface area contributed by atoms with E-state index in [1.54, 1.807) is 12.1 Å². The van der Waals surface area contributed by atoms with Crippen LogP contribution in [0.2, 0.25) is 0 Å². The largest absolute Gasteiger partial charge is 0.508 e. The second-order valence-corrected chi connectivity index (χ2v) is 5.36. The highest BCUT2D eigenvalue weighted by Crippen LogP contribution is 2.30. The molecule has 3 aliphatic heterocycles. The minimum absolute atomic E-state index is 0.154. The van der Waals surface area contributed by atoms with Gasteiger partial charge in [-0.3, -0.25) is 0 Å². The van der Waals surface area contributed by atoms with E-state index in [-0.39, 0.29) is 38.0 Å². The Hall–Kier alpha value is -2.03. The Kier molecular flexibility index (Phi) is 3.94. The highest BCUT2D eigenvalue weighted by Gasteiger charge is 2.47. The summed E-state index contributed by atoms with van der Waals surface area (Å²) in [5.74, 6) is 1.28. The average Bonchev–Trinajstić information content (AvgIpc) is 3.23. The first kappa shape index (κ1) is 14.6. The fraction of sp³-hybridized carbons (Fsp3) is 0.533. The van der Waals surface area contributed by atoms with E-state index in [1.165, 1.54) is 0 Å². The van der Waals surface area contributed by atoms with Gasteiger partial charge in [0.2, 0.25) is 12.6 Å². The van der Waals surface area contributed by atoms with E-state index in [0.29, 0.717) is 24.7 Å². The Morgan fingerprint density at radius 3 is 2.48 bits per heavy atom. The number of epoxide rings is 1. The maximum atomic E-state index is 10.8. The number of ether oxygens (including phenoxy) is 7. The molecule has 4 rings (SSSR count). The summed E-state index contributed by atoms with van der Waals surface area (Å²) in [6.07, 6.45) is -1.64. The summed E-state index contributed by atoms with van der Waals surface area (Å²) in [5, 5.41) is 0. The fourth-order valence-corrected chi connectivity index (χ4v) is 2.30. The summed E-state index contributed by atoms with van der Waals surface area (Å²) in [7, 11) is 0. The Morgan fingerprint density at radius 2 is 1.78 bits per heavy atom. The van der Waals surface area contributed by atoms with Gasteiger partial charge in [-0.1, -0.05) is 6.07 Å². The molecule has 3 aliphatic rings. The standard InChI is InChI=1S/C15H16O8/c16-15-20-8-12(22-15)6-18-10-3-1-2-9(4-10)17-5-11-7-19-13-14(21-11)23-13/h1-4,11-14H,5-8H2. The maximum Gasteiger partial charge on any atom is 0.508 e. The van der Waals surface area contributed by atoms with Crippen molar-refractivity contribution in [3.63, 3.8) is 0 Å². The minimum Gasteiger partial charge on any atom is -0.491 e. The minimum atomic E-state index is -0.660. The van der Waals surface area contributed by atoms with Crippen molar-refractivity contribution in [1.29, 1.82) is 0 Å². The predicted molar refractivity (Wildman–Crippen MR) is 73.1 cm³/mol. The van der Waals surface area contributed by atoms with E-state index < -0.39 is 6.16 Å². The van der Waals surface area contributed by atoms with Gasteiger partial charge < -0.3 is 33.2 Å².